The number of carbonyl (C=O) groups excluding carboxylic acids is 1. The van der Waals surface area contributed by atoms with Crippen LogP contribution in [-0.4, -0.2) is 37.2 Å². The van der Waals surface area contributed by atoms with Crippen LogP contribution in [0.3, 0.4) is 0 Å². The molecule has 5 heteroatoms. The minimum atomic E-state index is -0.114. The van der Waals surface area contributed by atoms with E-state index in [1.54, 1.807) is 13.2 Å². The Morgan fingerprint density at radius 2 is 2.14 bits per heavy atom. The van der Waals surface area contributed by atoms with Gasteiger partial charge in [-0.3, -0.25) is 4.79 Å². The van der Waals surface area contributed by atoms with Crippen molar-refractivity contribution in [2.75, 3.05) is 25.6 Å². The molecule has 2 aromatic rings. The van der Waals surface area contributed by atoms with E-state index in [9.17, 15) is 4.79 Å². The van der Waals surface area contributed by atoms with Crippen molar-refractivity contribution >= 4 is 22.6 Å². The molecule has 0 saturated heterocycles. The van der Waals surface area contributed by atoms with E-state index in [0.717, 1.165) is 17.4 Å². The fourth-order valence-corrected chi connectivity index (χ4v) is 2.23. The Labute approximate surface area is 124 Å². The molecule has 2 N–H and O–H groups in total. The number of nitrogens with one attached hydrogen (secondary N) is 2. The predicted octanol–water partition coefficient (Wildman–Crippen LogP) is 2.43. The third-order valence-corrected chi connectivity index (χ3v) is 3.11. The van der Waals surface area contributed by atoms with Crippen LogP contribution in [-0.2, 0) is 4.74 Å². The lowest BCUT2D eigenvalue weighted by molar-refractivity contribution is 0.0907. The summed E-state index contributed by atoms with van der Waals surface area (Å²) in [7, 11) is 1.62. The van der Waals surface area contributed by atoms with E-state index in [-0.39, 0.29) is 11.9 Å². The summed E-state index contributed by atoms with van der Waals surface area (Å²) < 4.78 is 5.05. The summed E-state index contributed by atoms with van der Waals surface area (Å²) in [5.41, 5.74) is 1.43. The SMILES string of the molecule is CCNc1cc(C(=O)NC(C)COC)c2ccccc2n1. The van der Waals surface area contributed by atoms with Crippen LogP contribution in [0.1, 0.15) is 24.2 Å². The average molecular weight is 287 g/mol. The minimum absolute atomic E-state index is 0.0444. The van der Waals surface area contributed by atoms with Crippen LogP contribution < -0.4 is 10.6 Å². The van der Waals surface area contributed by atoms with Crippen molar-refractivity contribution in [1.29, 1.82) is 0 Å². The van der Waals surface area contributed by atoms with Crippen LogP contribution in [0.15, 0.2) is 30.3 Å². The van der Waals surface area contributed by atoms with Crippen LogP contribution >= 0.6 is 0 Å². The number of pyridine rings is 1. The number of methoxy groups -OCH3 is 1. The van der Waals surface area contributed by atoms with Gasteiger partial charge < -0.3 is 15.4 Å². The van der Waals surface area contributed by atoms with Crippen molar-refractivity contribution in [3.8, 4) is 0 Å². The average Bonchev–Trinajstić information content (AvgIpc) is 2.47. The molecule has 0 radical (unpaired) electrons. The van der Waals surface area contributed by atoms with E-state index >= 15 is 0 Å². The first kappa shape index (κ1) is 15.3. The molecule has 5 nitrogen and oxygen atoms in total. The monoisotopic (exact) mass is 287 g/mol. The van der Waals surface area contributed by atoms with Gasteiger partial charge in [-0.1, -0.05) is 18.2 Å². The fraction of sp³-hybridized carbons (Fsp3) is 0.375. The lowest BCUT2D eigenvalue weighted by Crippen LogP contribution is -2.35. The Morgan fingerprint density at radius 3 is 2.86 bits per heavy atom. The molecule has 0 fully saturated rings. The molecule has 1 atom stereocenters. The van der Waals surface area contributed by atoms with Gasteiger partial charge in [0, 0.05) is 25.1 Å². The van der Waals surface area contributed by atoms with Gasteiger partial charge in [0.05, 0.1) is 17.7 Å². The van der Waals surface area contributed by atoms with Crippen LogP contribution in [0.4, 0.5) is 5.82 Å². The Kier molecular flexibility index (Phi) is 5.11. The molecule has 1 amide bonds. The number of amides is 1. The maximum absolute atomic E-state index is 12.5. The Bertz CT molecular complexity index is 628. The van der Waals surface area contributed by atoms with Crippen molar-refractivity contribution < 1.29 is 9.53 Å². The van der Waals surface area contributed by atoms with E-state index in [1.807, 2.05) is 38.1 Å². The molecule has 0 aliphatic carbocycles. The second-order valence-electron chi connectivity index (χ2n) is 4.93. The van der Waals surface area contributed by atoms with E-state index in [2.05, 4.69) is 15.6 Å². The summed E-state index contributed by atoms with van der Waals surface area (Å²) in [5.74, 6) is 0.595. The number of benzene rings is 1. The van der Waals surface area contributed by atoms with Crippen LogP contribution in [0.2, 0.25) is 0 Å². The molecule has 0 spiro atoms. The molecule has 0 aliphatic rings. The van der Waals surface area contributed by atoms with Gasteiger partial charge in [-0.2, -0.15) is 0 Å². The first-order valence-corrected chi connectivity index (χ1v) is 7.09. The van der Waals surface area contributed by atoms with Crippen LogP contribution in [0.25, 0.3) is 10.9 Å². The minimum Gasteiger partial charge on any atom is -0.383 e. The van der Waals surface area contributed by atoms with Gasteiger partial charge in [-0.15, -0.1) is 0 Å². The Hall–Kier alpha value is -2.14. The highest BCUT2D eigenvalue weighted by Gasteiger charge is 2.14. The first-order valence-electron chi connectivity index (χ1n) is 7.09. The van der Waals surface area contributed by atoms with Gasteiger partial charge in [-0.05, 0) is 26.0 Å². The van der Waals surface area contributed by atoms with E-state index in [1.165, 1.54) is 0 Å². The summed E-state index contributed by atoms with van der Waals surface area (Å²) in [6, 6.07) is 9.39. The van der Waals surface area contributed by atoms with Gasteiger partial charge in [0.25, 0.3) is 5.91 Å². The van der Waals surface area contributed by atoms with Gasteiger partial charge in [0.2, 0.25) is 0 Å². The van der Waals surface area contributed by atoms with Gasteiger partial charge >= 0.3 is 0 Å². The van der Waals surface area contributed by atoms with Gasteiger partial charge in [0.1, 0.15) is 5.82 Å². The molecule has 1 aromatic heterocycles. The lowest BCUT2D eigenvalue weighted by Gasteiger charge is -2.15. The second kappa shape index (κ2) is 7.04. The number of anilines is 1. The first-order chi connectivity index (χ1) is 10.2. The molecule has 0 aliphatic heterocycles. The van der Waals surface area contributed by atoms with Crippen molar-refractivity contribution in [2.45, 2.75) is 19.9 Å². The summed E-state index contributed by atoms with van der Waals surface area (Å²) in [6.45, 7) is 5.15. The highest BCUT2D eigenvalue weighted by molar-refractivity contribution is 6.07. The van der Waals surface area contributed by atoms with Crippen molar-refractivity contribution in [1.82, 2.24) is 10.3 Å². The number of hydrogen-bond acceptors (Lipinski definition) is 4. The lowest BCUT2D eigenvalue weighted by atomic mass is 10.1. The largest absolute Gasteiger partial charge is 0.383 e. The summed E-state index contributed by atoms with van der Waals surface area (Å²) in [5, 5.41) is 6.95. The normalized spacial score (nSPS) is 12.1. The highest BCUT2D eigenvalue weighted by atomic mass is 16.5. The Balaban J connectivity index is 2.38. The quantitative estimate of drug-likeness (QED) is 0.856. The number of aromatic nitrogens is 1. The molecule has 1 aromatic carbocycles. The fourth-order valence-electron chi connectivity index (χ4n) is 2.23. The Morgan fingerprint density at radius 1 is 1.38 bits per heavy atom. The topological polar surface area (TPSA) is 63.2 Å². The van der Waals surface area contributed by atoms with Crippen molar-refractivity contribution in [3.63, 3.8) is 0 Å². The number of ether oxygens (including phenoxy) is 1. The van der Waals surface area contributed by atoms with E-state index in [0.29, 0.717) is 18.0 Å². The molecule has 0 bridgehead atoms. The molecule has 2 rings (SSSR count). The molecular formula is C16H21N3O2. The molecule has 0 saturated carbocycles. The van der Waals surface area contributed by atoms with Gasteiger partial charge in [-0.25, -0.2) is 4.98 Å². The van der Waals surface area contributed by atoms with E-state index < -0.39 is 0 Å². The molecule has 1 heterocycles. The summed E-state index contributed by atoms with van der Waals surface area (Å²) in [6.07, 6.45) is 0. The number of nitrogens with zero attached hydrogens (tertiary/aromatic N) is 1. The van der Waals surface area contributed by atoms with Crippen LogP contribution in [0, 0.1) is 0 Å². The summed E-state index contributed by atoms with van der Waals surface area (Å²) >= 11 is 0. The number of fused-ring (bicyclic) bond motifs is 1. The van der Waals surface area contributed by atoms with Crippen molar-refractivity contribution in [3.05, 3.63) is 35.9 Å². The zero-order valence-corrected chi connectivity index (χ0v) is 12.6. The standard InChI is InChI=1S/C16H21N3O2/c1-4-17-15-9-13(16(20)18-11(2)10-21-3)12-7-5-6-8-14(12)19-15/h5-9,11H,4,10H2,1-3H3,(H,17,19)(H,18,20). The smallest absolute Gasteiger partial charge is 0.252 e. The number of para-hydroxylation sites is 1. The highest BCUT2D eigenvalue weighted by Crippen LogP contribution is 2.20. The molecule has 1 unspecified atom stereocenters. The predicted molar refractivity (Wildman–Crippen MR) is 84.7 cm³/mol. The zero-order chi connectivity index (χ0) is 15.2. The van der Waals surface area contributed by atoms with Crippen molar-refractivity contribution in [2.24, 2.45) is 0 Å². The maximum atomic E-state index is 12.5. The number of hydrogen-bond donors (Lipinski definition) is 2. The number of rotatable bonds is 6. The number of carbonyl (C=O) groups is 1. The summed E-state index contributed by atoms with van der Waals surface area (Å²) in [4.78, 5) is 17.0. The third-order valence-electron chi connectivity index (χ3n) is 3.11. The maximum Gasteiger partial charge on any atom is 0.252 e. The van der Waals surface area contributed by atoms with Gasteiger partial charge in [0.15, 0.2) is 0 Å². The third kappa shape index (κ3) is 3.70. The van der Waals surface area contributed by atoms with Crippen LogP contribution in [0.5, 0.6) is 0 Å². The molecular weight excluding hydrogens is 266 g/mol. The zero-order valence-electron chi connectivity index (χ0n) is 12.6. The second-order valence-corrected chi connectivity index (χ2v) is 4.93. The molecule has 112 valence electrons. The van der Waals surface area contributed by atoms with E-state index in [4.69, 9.17) is 4.74 Å². The molecule has 21 heavy (non-hydrogen) atoms.